The third kappa shape index (κ3) is 4.28. The summed E-state index contributed by atoms with van der Waals surface area (Å²) in [6.07, 6.45) is 3.25. The monoisotopic (exact) mass is 301 g/mol. The van der Waals surface area contributed by atoms with E-state index < -0.39 is 0 Å². The molecule has 0 fully saturated rings. The van der Waals surface area contributed by atoms with Crippen LogP contribution in [0, 0.1) is 11.7 Å². The van der Waals surface area contributed by atoms with Crippen molar-refractivity contribution in [3.05, 3.63) is 48.4 Å². The van der Waals surface area contributed by atoms with E-state index in [0.717, 1.165) is 24.2 Å². The van der Waals surface area contributed by atoms with Gasteiger partial charge < -0.3 is 10.6 Å². The fourth-order valence-electron chi connectivity index (χ4n) is 2.13. The minimum Gasteiger partial charge on any atom is -0.354 e. The summed E-state index contributed by atoms with van der Waals surface area (Å²) < 4.78 is 12.8. The topological polar surface area (TPSA) is 54.0 Å². The highest BCUT2D eigenvalue weighted by Gasteiger charge is 2.14. The molecule has 2 aromatic rings. The summed E-state index contributed by atoms with van der Waals surface area (Å²) in [5.41, 5.74) is 1.55. The molecule has 0 atom stereocenters. The van der Waals surface area contributed by atoms with Crippen LogP contribution in [0.2, 0.25) is 0 Å². The number of aromatic nitrogens is 1. The molecule has 0 aliphatic heterocycles. The largest absolute Gasteiger partial charge is 0.354 e. The van der Waals surface area contributed by atoms with Crippen LogP contribution in [0.1, 0.15) is 26.7 Å². The highest BCUT2D eigenvalue weighted by molar-refractivity contribution is 5.91. The second kappa shape index (κ2) is 7.54. The predicted molar refractivity (Wildman–Crippen MR) is 86.6 cm³/mol. The Hall–Kier alpha value is -2.43. The molecule has 1 aromatic heterocycles. The van der Waals surface area contributed by atoms with Crippen LogP contribution in [0.15, 0.2) is 42.6 Å². The van der Waals surface area contributed by atoms with Gasteiger partial charge in [-0.1, -0.05) is 13.8 Å². The van der Waals surface area contributed by atoms with Gasteiger partial charge >= 0.3 is 0 Å². The molecule has 22 heavy (non-hydrogen) atoms. The van der Waals surface area contributed by atoms with Gasteiger partial charge in [-0.2, -0.15) is 0 Å². The number of benzene rings is 1. The van der Waals surface area contributed by atoms with E-state index >= 15 is 0 Å². The lowest BCUT2D eigenvalue weighted by molar-refractivity contribution is -0.120. The van der Waals surface area contributed by atoms with Crippen LogP contribution in [-0.4, -0.2) is 10.9 Å². The maximum Gasteiger partial charge on any atom is 0.228 e. The van der Waals surface area contributed by atoms with Crippen LogP contribution in [0.25, 0.3) is 0 Å². The van der Waals surface area contributed by atoms with E-state index in [2.05, 4.69) is 15.6 Å². The fraction of sp³-hybridized carbons (Fsp3) is 0.294. The molecule has 0 saturated carbocycles. The second-order valence-electron chi connectivity index (χ2n) is 5.07. The lowest BCUT2D eigenvalue weighted by Crippen LogP contribution is -2.22. The van der Waals surface area contributed by atoms with Crippen molar-refractivity contribution in [2.75, 3.05) is 10.6 Å². The number of nitrogens with one attached hydrogen (secondary N) is 2. The van der Waals surface area contributed by atoms with Crippen molar-refractivity contribution in [1.29, 1.82) is 0 Å². The molecule has 0 bridgehead atoms. The molecule has 1 amide bonds. The van der Waals surface area contributed by atoms with Gasteiger partial charge in [0, 0.05) is 11.6 Å². The maximum absolute atomic E-state index is 12.8. The summed E-state index contributed by atoms with van der Waals surface area (Å²) >= 11 is 0. The van der Waals surface area contributed by atoms with Crippen LogP contribution in [-0.2, 0) is 4.79 Å². The highest BCUT2D eigenvalue weighted by Crippen LogP contribution is 2.18. The molecule has 2 N–H and O–H groups in total. The Balaban J connectivity index is 1.98. The number of hydrogen-bond acceptors (Lipinski definition) is 3. The first-order valence-corrected chi connectivity index (χ1v) is 7.42. The van der Waals surface area contributed by atoms with E-state index in [1.54, 1.807) is 24.4 Å². The summed E-state index contributed by atoms with van der Waals surface area (Å²) in [6, 6.07) is 9.64. The average molecular weight is 301 g/mol. The molecular formula is C17H20FN3O. The Labute approximate surface area is 129 Å². The van der Waals surface area contributed by atoms with Crippen molar-refractivity contribution in [3.63, 3.8) is 0 Å². The van der Waals surface area contributed by atoms with Crippen molar-refractivity contribution in [2.45, 2.75) is 26.7 Å². The van der Waals surface area contributed by atoms with Gasteiger partial charge in [0.1, 0.15) is 11.6 Å². The van der Waals surface area contributed by atoms with Gasteiger partial charge in [-0.15, -0.1) is 0 Å². The predicted octanol–water partition coefficient (Wildman–Crippen LogP) is 4.34. The summed E-state index contributed by atoms with van der Waals surface area (Å²) in [6.45, 7) is 3.99. The number of carbonyl (C=O) groups is 1. The van der Waals surface area contributed by atoms with Crippen molar-refractivity contribution in [2.24, 2.45) is 5.92 Å². The summed E-state index contributed by atoms with van der Waals surface area (Å²) in [7, 11) is 0. The number of nitrogens with zero attached hydrogens (tertiary/aromatic N) is 1. The van der Waals surface area contributed by atoms with E-state index in [4.69, 9.17) is 0 Å². The number of amides is 1. The van der Waals surface area contributed by atoms with Crippen molar-refractivity contribution >= 4 is 23.1 Å². The standard InChI is InChI=1S/C17H20FN3O/c1-3-12(4-2)17(22)21-16-10-9-15(11-19-16)20-14-7-5-13(18)6-8-14/h5-12,20H,3-4H2,1-2H3,(H,19,21,22). The molecule has 0 unspecified atom stereocenters. The normalized spacial score (nSPS) is 10.5. The van der Waals surface area contributed by atoms with Gasteiger partial charge in [0.2, 0.25) is 5.91 Å². The van der Waals surface area contributed by atoms with Crippen LogP contribution < -0.4 is 10.6 Å². The van der Waals surface area contributed by atoms with E-state index in [-0.39, 0.29) is 17.6 Å². The first-order valence-electron chi connectivity index (χ1n) is 7.42. The van der Waals surface area contributed by atoms with Crippen molar-refractivity contribution in [3.8, 4) is 0 Å². The van der Waals surface area contributed by atoms with Crippen LogP contribution in [0.4, 0.5) is 21.6 Å². The molecule has 1 heterocycles. The first kappa shape index (κ1) is 15.9. The molecule has 0 saturated heterocycles. The minimum atomic E-state index is -0.275. The van der Waals surface area contributed by atoms with Gasteiger partial charge in [0.05, 0.1) is 11.9 Å². The lowest BCUT2D eigenvalue weighted by Gasteiger charge is -2.12. The molecule has 5 heteroatoms. The number of carbonyl (C=O) groups excluding carboxylic acids is 1. The number of halogens is 1. The Morgan fingerprint density at radius 1 is 1.09 bits per heavy atom. The Bertz CT molecular complexity index is 607. The molecule has 0 radical (unpaired) electrons. The minimum absolute atomic E-state index is 0.00302. The number of rotatable bonds is 6. The molecule has 0 aliphatic carbocycles. The van der Waals surface area contributed by atoms with Crippen molar-refractivity contribution in [1.82, 2.24) is 4.98 Å². The summed E-state index contributed by atoms with van der Waals surface area (Å²) in [4.78, 5) is 16.2. The zero-order chi connectivity index (χ0) is 15.9. The second-order valence-corrected chi connectivity index (χ2v) is 5.07. The van der Waals surface area contributed by atoms with Gasteiger partial charge in [0.15, 0.2) is 0 Å². The zero-order valence-corrected chi connectivity index (χ0v) is 12.8. The van der Waals surface area contributed by atoms with Crippen molar-refractivity contribution < 1.29 is 9.18 Å². The number of hydrogen-bond donors (Lipinski definition) is 2. The van der Waals surface area contributed by atoms with Gasteiger partial charge in [-0.25, -0.2) is 9.37 Å². The molecule has 0 aliphatic rings. The third-order valence-electron chi connectivity index (χ3n) is 3.50. The smallest absolute Gasteiger partial charge is 0.228 e. The summed E-state index contributed by atoms with van der Waals surface area (Å²) in [5.74, 6) is 0.264. The Kier molecular flexibility index (Phi) is 5.47. The molecular weight excluding hydrogens is 281 g/mol. The van der Waals surface area contributed by atoms with E-state index in [1.807, 2.05) is 19.9 Å². The fourth-order valence-corrected chi connectivity index (χ4v) is 2.13. The highest BCUT2D eigenvalue weighted by atomic mass is 19.1. The molecule has 2 rings (SSSR count). The number of anilines is 3. The first-order chi connectivity index (χ1) is 10.6. The molecule has 4 nitrogen and oxygen atoms in total. The third-order valence-corrected chi connectivity index (χ3v) is 3.50. The zero-order valence-electron chi connectivity index (χ0n) is 12.8. The van der Waals surface area contributed by atoms with E-state index in [9.17, 15) is 9.18 Å². The quantitative estimate of drug-likeness (QED) is 0.834. The molecule has 1 aromatic carbocycles. The van der Waals surface area contributed by atoms with Crippen LogP contribution >= 0.6 is 0 Å². The lowest BCUT2D eigenvalue weighted by atomic mass is 10.0. The number of pyridine rings is 1. The van der Waals surface area contributed by atoms with Gasteiger partial charge in [-0.3, -0.25) is 4.79 Å². The van der Waals surface area contributed by atoms with Gasteiger partial charge in [0.25, 0.3) is 0 Å². The average Bonchev–Trinajstić information content (AvgIpc) is 2.53. The van der Waals surface area contributed by atoms with E-state index in [0.29, 0.717) is 5.82 Å². The maximum atomic E-state index is 12.8. The van der Waals surface area contributed by atoms with E-state index in [1.165, 1.54) is 12.1 Å². The Morgan fingerprint density at radius 2 is 1.73 bits per heavy atom. The summed E-state index contributed by atoms with van der Waals surface area (Å²) in [5, 5.41) is 5.93. The molecule has 116 valence electrons. The van der Waals surface area contributed by atoms with Gasteiger partial charge in [-0.05, 0) is 49.2 Å². The Morgan fingerprint density at radius 3 is 2.27 bits per heavy atom. The molecule has 0 spiro atoms. The van der Waals surface area contributed by atoms with Crippen LogP contribution in [0.5, 0.6) is 0 Å². The SMILES string of the molecule is CCC(CC)C(=O)Nc1ccc(Nc2ccc(F)cc2)cn1. The van der Waals surface area contributed by atoms with Crippen LogP contribution in [0.3, 0.4) is 0 Å².